The van der Waals surface area contributed by atoms with Gasteiger partial charge in [-0.05, 0) is 70.7 Å². The van der Waals surface area contributed by atoms with E-state index in [4.69, 9.17) is 4.12 Å². The molecule has 0 bridgehead atoms. The van der Waals surface area contributed by atoms with Gasteiger partial charge in [0.05, 0.1) is 11.1 Å². The summed E-state index contributed by atoms with van der Waals surface area (Å²) >= 11 is 6.01. The van der Waals surface area contributed by atoms with Gasteiger partial charge >= 0.3 is 12.4 Å². The Balaban J connectivity index is 2.57. The van der Waals surface area contributed by atoms with E-state index >= 15 is 0 Å². The molecule has 0 aliphatic heterocycles. The molecule has 2 unspecified atom stereocenters. The van der Waals surface area contributed by atoms with E-state index in [-0.39, 0.29) is 19.0 Å². The van der Waals surface area contributed by atoms with Gasteiger partial charge in [-0.1, -0.05) is 85.5 Å². The Bertz CT molecular complexity index is 1030. The zero-order valence-electron chi connectivity index (χ0n) is 22.3. The molecule has 0 saturated carbocycles. The van der Waals surface area contributed by atoms with Gasteiger partial charge in [-0.3, -0.25) is 0 Å². The lowest BCUT2D eigenvalue weighted by Crippen LogP contribution is -2.59. The van der Waals surface area contributed by atoms with Crippen molar-refractivity contribution in [2.75, 3.05) is 0 Å². The van der Waals surface area contributed by atoms with Crippen molar-refractivity contribution in [3.8, 4) is 0 Å². The van der Waals surface area contributed by atoms with Crippen LogP contribution in [0.3, 0.4) is 0 Å². The highest BCUT2D eigenvalue weighted by atomic mass is 79.9. The maximum Gasteiger partial charge on any atom is 0.417 e. The average Bonchev–Trinajstić information content (AvgIpc) is 2.67. The summed E-state index contributed by atoms with van der Waals surface area (Å²) in [7, 11) is -5.61. The molecular weight excluding hydrogens is 658 g/mol. The predicted molar refractivity (Wildman–Crippen MR) is 149 cm³/mol. The molecule has 2 atom stereocenters. The molecule has 1 nitrogen and oxygen atoms in total. The van der Waals surface area contributed by atoms with Gasteiger partial charge in [-0.15, -0.1) is 0 Å². The molecule has 0 amide bonds. The van der Waals surface area contributed by atoms with Crippen LogP contribution in [-0.4, -0.2) is 16.6 Å². The van der Waals surface area contributed by atoms with Crippen LogP contribution in [0, 0.1) is 0 Å². The molecule has 2 aromatic carbocycles. The van der Waals surface area contributed by atoms with Crippen LogP contribution in [0.2, 0.25) is 23.2 Å². The second kappa shape index (κ2) is 10.7. The van der Waals surface area contributed by atoms with Crippen LogP contribution >= 0.6 is 31.9 Å². The van der Waals surface area contributed by atoms with Gasteiger partial charge in [-0.25, -0.2) is 0 Å². The number of hydrogen-bond acceptors (Lipinski definition) is 1. The fraction of sp³-hybridized carbons (Fsp3) is 0.538. The number of benzene rings is 2. The lowest BCUT2D eigenvalue weighted by molar-refractivity contribution is -0.139. The van der Waals surface area contributed by atoms with Crippen LogP contribution < -0.4 is 0 Å². The third-order valence-corrected chi connectivity index (χ3v) is 20.9. The van der Waals surface area contributed by atoms with Crippen molar-refractivity contribution < 1.29 is 30.5 Å². The molecule has 2 rings (SSSR count). The Morgan fingerprint density at radius 2 is 0.919 bits per heavy atom. The molecule has 0 radical (unpaired) electrons. The maximum absolute atomic E-state index is 13.6. The molecule has 0 spiro atoms. The van der Waals surface area contributed by atoms with Crippen LogP contribution in [0.4, 0.5) is 26.3 Å². The first kappa shape index (κ1) is 32.6. The molecule has 0 fully saturated rings. The molecule has 0 saturated heterocycles. The van der Waals surface area contributed by atoms with E-state index in [0.29, 0.717) is 23.2 Å². The van der Waals surface area contributed by atoms with E-state index in [1.807, 2.05) is 54.6 Å². The van der Waals surface area contributed by atoms with Crippen LogP contribution in [0.15, 0.2) is 45.3 Å². The summed E-state index contributed by atoms with van der Waals surface area (Å²) in [6.07, 6.45) is -9.00. The first-order chi connectivity index (χ1) is 16.4. The topological polar surface area (TPSA) is 9.23 Å². The predicted octanol–water partition coefficient (Wildman–Crippen LogP) is 10.9. The molecule has 2 aromatic rings. The zero-order valence-corrected chi connectivity index (χ0v) is 27.5. The molecule has 0 heterocycles. The fourth-order valence-electron chi connectivity index (χ4n) is 3.98. The first-order valence-corrected chi connectivity index (χ1v) is 18.6. The number of hydrogen-bond donors (Lipinski definition) is 0. The van der Waals surface area contributed by atoms with Crippen LogP contribution in [-0.2, 0) is 28.6 Å². The average molecular weight is 693 g/mol. The molecule has 37 heavy (non-hydrogen) atoms. The van der Waals surface area contributed by atoms with Gasteiger partial charge in [0.2, 0.25) is 0 Å². The fourth-order valence-corrected chi connectivity index (χ4v) is 15.0. The molecule has 11 heteroatoms. The quantitative estimate of drug-likeness (QED) is 0.216. The van der Waals surface area contributed by atoms with Gasteiger partial charge in [0.25, 0.3) is 0 Å². The van der Waals surface area contributed by atoms with Crippen molar-refractivity contribution >= 4 is 48.5 Å². The van der Waals surface area contributed by atoms with Gasteiger partial charge in [0.1, 0.15) is 0 Å². The third-order valence-electron chi connectivity index (χ3n) is 7.38. The zero-order chi connectivity index (χ0) is 28.8. The standard InChI is InChI=1S/C26H34Br2F6OSi2/c1-23(2,3)36(7,15-17-9-11-21(27)19(13-17)25(29,30)31)35-37(8,24(4,5)6)16-18-10-12-22(28)20(14-18)26(32,33)34/h9-14H,15-16H2,1-8H3. The number of alkyl halides is 6. The first-order valence-electron chi connectivity index (χ1n) is 11.8. The highest BCUT2D eigenvalue weighted by Gasteiger charge is 2.52. The minimum Gasteiger partial charge on any atom is -0.454 e. The van der Waals surface area contributed by atoms with E-state index < -0.39 is 40.1 Å². The Kier molecular flexibility index (Phi) is 9.46. The highest BCUT2D eigenvalue weighted by Crippen LogP contribution is 2.48. The summed E-state index contributed by atoms with van der Waals surface area (Å²) in [6.45, 7) is 16.2. The smallest absolute Gasteiger partial charge is 0.417 e. The van der Waals surface area contributed by atoms with Crippen molar-refractivity contribution in [1.29, 1.82) is 0 Å². The van der Waals surface area contributed by atoms with E-state index in [2.05, 4.69) is 31.9 Å². The summed E-state index contributed by atoms with van der Waals surface area (Å²) in [5.41, 5.74) is -0.401. The van der Waals surface area contributed by atoms with Crippen molar-refractivity contribution in [2.24, 2.45) is 0 Å². The summed E-state index contributed by atoms with van der Waals surface area (Å²) < 4.78 is 88.6. The van der Waals surface area contributed by atoms with Gasteiger partial charge in [-0.2, -0.15) is 26.3 Å². The second-order valence-corrected chi connectivity index (χ2v) is 23.2. The number of rotatable bonds is 6. The SMILES string of the molecule is CC(C)(C)[Si](C)(Cc1ccc(Br)c(C(F)(F)F)c1)O[Si](C)(Cc1ccc(Br)c(C(F)(F)F)c1)C(C)(C)C. The summed E-state index contributed by atoms with van der Waals surface area (Å²) in [5, 5.41) is -0.705. The number of halogens is 8. The van der Waals surface area contributed by atoms with E-state index in [1.165, 1.54) is 24.3 Å². The summed E-state index contributed by atoms with van der Waals surface area (Å²) in [6, 6.07) is 9.22. The Hall–Kier alpha value is -0.626. The molecule has 0 N–H and O–H groups in total. The minimum absolute atomic E-state index is 0.0200. The van der Waals surface area contributed by atoms with Crippen molar-refractivity contribution in [2.45, 2.75) is 89.2 Å². The summed E-state index contributed by atoms with van der Waals surface area (Å²) in [4.78, 5) is 0. The lowest BCUT2D eigenvalue weighted by Gasteiger charge is -2.50. The molecular formula is C26H34Br2F6OSi2. The normalized spacial score (nSPS) is 16.9. The second-order valence-electron chi connectivity index (χ2n) is 12.0. The minimum atomic E-state index is -4.50. The van der Waals surface area contributed by atoms with Gasteiger partial charge < -0.3 is 4.12 Å². The molecule has 208 valence electrons. The maximum atomic E-state index is 13.6. The van der Waals surface area contributed by atoms with Crippen molar-refractivity contribution in [3.63, 3.8) is 0 Å². The van der Waals surface area contributed by atoms with Gasteiger partial charge in [0, 0.05) is 8.95 Å². The van der Waals surface area contributed by atoms with Crippen molar-refractivity contribution in [3.05, 3.63) is 67.6 Å². The Morgan fingerprint density at radius 1 is 0.622 bits per heavy atom. The third kappa shape index (κ3) is 7.73. The van der Waals surface area contributed by atoms with Crippen LogP contribution in [0.1, 0.15) is 63.8 Å². The summed E-state index contributed by atoms with van der Waals surface area (Å²) in [5.74, 6) is 0. The van der Waals surface area contributed by atoms with E-state index in [0.717, 1.165) is 0 Å². The van der Waals surface area contributed by atoms with Crippen LogP contribution in [0.25, 0.3) is 0 Å². The largest absolute Gasteiger partial charge is 0.454 e. The highest BCUT2D eigenvalue weighted by molar-refractivity contribution is 9.10. The van der Waals surface area contributed by atoms with Crippen molar-refractivity contribution in [1.82, 2.24) is 0 Å². The Labute approximate surface area is 234 Å². The lowest BCUT2D eigenvalue weighted by atomic mass is 10.1. The van der Waals surface area contributed by atoms with Crippen LogP contribution in [0.5, 0.6) is 0 Å². The van der Waals surface area contributed by atoms with E-state index in [1.54, 1.807) is 12.1 Å². The van der Waals surface area contributed by atoms with E-state index in [9.17, 15) is 26.3 Å². The monoisotopic (exact) mass is 690 g/mol. The molecule has 0 aliphatic carbocycles. The Morgan fingerprint density at radius 3 is 1.16 bits per heavy atom. The molecule has 0 aliphatic rings. The van der Waals surface area contributed by atoms with Gasteiger partial charge in [0.15, 0.2) is 16.6 Å². The molecule has 0 aromatic heterocycles.